The first-order valence-corrected chi connectivity index (χ1v) is 9.32. The number of ether oxygens (including phenoxy) is 1. The molecule has 4 rings (SSSR count). The summed E-state index contributed by atoms with van der Waals surface area (Å²) in [5.74, 6) is -0.243. The highest BCUT2D eigenvalue weighted by atomic mass is 32.1. The minimum atomic E-state index is -0.406. The standard InChI is InChI=1S/C20H17N3O3S/c1-13-17(27-19(21-13)14-7-3-2-4-8-14)18(24)22-15-9-5-6-10-16(15)23-11-12-26-20(23)25/h2-10H,11-12H2,1H3,(H,22,24). The summed E-state index contributed by atoms with van der Waals surface area (Å²) in [6.07, 6.45) is -0.406. The van der Waals surface area contributed by atoms with Gasteiger partial charge in [-0.15, -0.1) is 11.3 Å². The van der Waals surface area contributed by atoms with Crippen LogP contribution < -0.4 is 10.2 Å². The molecular weight excluding hydrogens is 362 g/mol. The van der Waals surface area contributed by atoms with Crippen molar-refractivity contribution in [1.29, 1.82) is 0 Å². The fourth-order valence-corrected chi connectivity index (χ4v) is 3.88. The largest absolute Gasteiger partial charge is 0.447 e. The van der Waals surface area contributed by atoms with E-state index in [1.165, 1.54) is 16.2 Å². The summed E-state index contributed by atoms with van der Waals surface area (Å²) in [5.41, 5.74) is 2.84. The molecule has 2 heterocycles. The van der Waals surface area contributed by atoms with Crippen molar-refractivity contribution >= 4 is 34.7 Å². The number of aromatic nitrogens is 1. The Hall–Kier alpha value is -3.19. The first-order chi connectivity index (χ1) is 13.1. The highest BCUT2D eigenvalue weighted by Crippen LogP contribution is 2.31. The van der Waals surface area contributed by atoms with Crippen molar-refractivity contribution in [2.24, 2.45) is 0 Å². The summed E-state index contributed by atoms with van der Waals surface area (Å²) in [6.45, 7) is 2.63. The number of carbonyl (C=O) groups excluding carboxylic acids is 2. The lowest BCUT2D eigenvalue weighted by molar-refractivity contribution is 0.102. The molecule has 6 nitrogen and oxygen atoms in total. The molecule has 3 aromatic rings. The number of aryl methyl sites for hydroxylation is 1. The van der Waals surface area contributed by atoms with E-state index >= 15 is 0 Å². The topological polar surface area (TPSA) is 71.5 Å². The molecule has 136 valence electrons. The number of para-hydroxylation sites is 2. The second-order valence-electron chi connectivity index (χ2n) is 6.04. The van der Waals surface area contributed by atoms with Crippen molar-refractivity contribution in [3.05, 3.63) is 65.2 Å². The summed E-state index contributed by atoms with van der Waals surface area (Å²) in [5, 5.41) is 3.71. The van der Waals surface area contributed by atoms with Crippen LogP contribution in [0.4, 0.5) is 16.2 Å². The maximum absolute atomic E-state index is 12.9. The number of hydrogen-bond acceptors (Lipinski definition) is 5. The predicted octanol–water partition coefficient (Wildman–Crippen LogP) is 4.33. The van der Waals surface area contributed by atoms with Crippen LogP contribution in [-0.2, 0) is 4.74 Å². The smallest absolute Gasteiger partial charge is 0.414 e. The number of amides is 2. The van der Waals surface area contributed by atoms with Crippen LogP contribution in [0.25, 0.3) is 10.6 Å². The van der Waals surface area contributed by atoms with Crippen LogP contribution in [0.3, 0.4) is 0 Å². The summed E-state index contributed by atoms with van der Waals surface area (Å²) in [7, 11) is 0. The maximum atomic E-state index is 12.9. The number of thiazole rings is 1. The lowest BCUT2D eigenvalue weighted by Crippen LogP contribution is -2.25. The first-order valence-electron chi connectivity index (χ1n) is 8.51. The SMILES string of the molecule is Cc1nc(-c2ccccc2)sc1C(=O)Nc1ccccc1N1CCOC1=O. The second kappa shape index (κ2) is 7.20. The Balaban J connectivity index is 1.61. The van der Waals surface area contributed by atoms with Crippen LogP contribution in [0.1, 0.15) is 15.4 Å². The highest BCUT2D eigenvalue weighted by Gasteiger charge is 2.26. The lowest BCUT2D eigenvalue weighted by atomic mass is 10.2. The zero-order chi connectivity index (χ0) is 18.8. The molecule has 2 aromatic carbocycles. The fraction of sp³-hybridized carbons (Fsp3) is 0.150. The van der Waals surface area contributed by atoms with Crippen molar-refractivity contribution in [3.63, 3.8) is 0 Å². The number of nitrogens with zero attached hydrogens (tertiary/aromatic N) is 2. The average molecular weight is 379 g/mol. The molecule has 0 bridgehead atoms. The third-order valence-electron chi connectivity index (χ3n) is 4.23. The van der Waals surface area contributed by atoms with Gasteiger partial charge >= 0.3 is 6.09 Å². The lowest BCUT2D eigenvalue weighted by Gasteiger charge is -2.17. The van der Waals surface area contributed by atoms with Gasteiger partial charge in [-0.05, 0) is 19.1 Å². The van der Waals surface area contributed by atoms with Crippen LogP contribution >= 0.6 is 11.3 Å². The van der Waals surface area contributed by atoms with Gasteiger partial charge in [-0.2, -0.15) is 0 Å². The molecule has 1 aliphatic rings. The van der Waals surface area contributed by atoms with Gasteiger partial charge in [-0.3, -0.25) is 9.69 Å². The second-order valence-corrected chi connectivity index (χ2v) is 7.04. The fourth-order valence-electron chi connectivity index (χ4n) is 2.92. The van der Waals surface area contributed by atoms with Gasteiger partial charge < -0.3 is 10.1 Å². The third-order valence-corrected chi connectivity index (χ3v) is 5.43. The Labute approximate surface area is 160 Å². The molecule has 1 aliphatic heterocycles. The number of anilines is 2. The summed E-state index contributed by atoms with van der Waals surface area (Å²) < 4.78 is 5.00. The number of hydrogen-bond donors (Lipinski definition) is 1. The first kappa shape index (κ1) is 17.2. The molecule has 0 saturated carbocycles. The van der Waals surface area contributed by atoms with Gasteiger partial charge in [-0.25, -0.2) is 9.78 Å². The van der Waals surface area contributed by atoms with E-state index in [2.05, 4.69) is 10.3 Å². The molecular formula is C20H17N3O3S. The molecule has 0 radical (unpaired) electrons. The molecule has 1 N–H and O–H groups in total. The van der Waals surface area contributed by atoms with Gasteiger partial charge in [0.15, 0.2) is 0 Å². The van der Waals surface area contributed by atoms with E-state index < -0.39 is 6.09 Å². The van der Waals surface area contributed by atoms with Crippen LogP contribution in [0.2, 0.25) is 0 Å². The quantitative estimate of drug-likeness (QED) is 0.732. The van der Waals surface area contributed by atoms with E-state index in [1.54, 1.807) is 12.1 Å². The predicted molar refractivity (Wildman–Crippen MR) is 105 cm³/mol. The summed E-state index contributed by atoms with van der Waals surface area (Å²) in [6, 6.07) is 17.0. The molecule has 1 fully saturated rings. The number of carbonyl (C=O) groups is 2. The zero-order valence-corrected chi connectivity index (χ0v) is 15.5. The summed E-state index contributed by atoms with van der Waals surface area (Å²) in [4.78, 5) is 31.3. The minimum Gasteiger partial charge on any atom is -0.447 e. The molecule has 2 amide bonds. The average Bonchev–Trinajstić information content (AvgIpc) is 3.28. The molecule has 0 unspecified atom stereocenters. The van der Waals surface area contributed by atoms with E-state index in [0.29, 0.717) is 35.1 Å². The zero-order valence-electron chi connectivity index (χ0n) is 14.6. The molecule has 0 atom stereocenters. The Kier molecular flexibility index (Phi) is 4.60. The van der Waals surface area contributed by atoms with Crippen LogP contribution in [0.5, 0.6) is 0 Å². The van der Waals surface area contributed by atoms with Crippen molar-refractivity contribution in [2.75, 3.05) is 23.4 Å². The van der Waals surface area contributed by atoms with E-state index in [1.807, 2.05) is 49.4 Å². The van der Waals surface area contributed by atoms with Crippen LogP contribution in [0, 0.1) is 6.92 Å². The van der Waals surface area contributed by atoms with E-state index in [-0.39, 0.29) is 5.91 Å². The van der Waals surface area contributed by atoms with Gasteiger partial charge in [0.1, 0.15) is 16.5 Å². The van der Waals surface area contributed by atoms with Crippen LogP contribution in [-0.4, -0.2) is 30.1 Å². The van der Waals surface area contributed by atoms with E-state index in [0.717, 1.165) is 10.6 Å². The van der Waals surface area contributed by atoms with Gasteiger partial charge in [0.2, 0.25) is 0 Å². The minimum absolute atomic E-state index is 0.243. The Morgan fingerprint density at radius 3 is 2.63 bits per heavy atom. The Morgan fingerprint density at radius 1 is 1.15 bits per heavy atom. The van der Waals surface area contributed by atoms with Gasteiger partial charge in [-0.1, -0.05) is 42.5 Å². The molecule has 1 aromatic heterocycles. The van der Waals surface area contributed by atoms with Gasteiger partial charge in [0, 0.05) is 5.56 Å². The Bertz CT molecular complexity index is 1000. The molecule has 0 spiro atoms. The molecule has 27 heavy (non-hydrogen) atoms. The normalized spacial score (nSPS) is 13.5. The molecule has 0 aliphatic carbocycles. The molecule has 7 heteroatoms. The molecule has 1 saturated heterocycles. The van der Waals surface area contributed by atoms with Crippen molar-refractivity contribution in [3.8, 4) is 10.6 Å². The van der Waals surface area contributed by atoms with Gasteiger partial charge in [0.25, 0.3) is 5.91 Å². The number of nitrogens with one attached hydrogen (secondary N) is 1. The van der Waals surface area contributed by atoms with Crippen molar-refractivity contribution < 1.29 is 14.3 Å². The van der Waals surface area contributed by atoms with Gasteiger partial charge in [0.05, 0.1) is 23.6 Å². The summed E-state index contributed by atoms with van der Waals surface area (Å²) >= 11 is 1.35. The van der Waals surface area contributed by atoms with Crippen LogP contribution in [0.15, 0.2) is 54.6 Å². The third kappa shape index (κ3) is 3.41. The number of benzene rings is 2. The van der Waals surface area contributed by atoms with Crippen molar-refractivity contribution in [1.82, 2.24) is 4.98 Å². The van der Waals surface area contributed by atoms with Crippen molar-refractivity contribution in [2.45, 2.75) is 6.92 Å². The Morgan fingerprint density at radius 2 is 1.89 bits per heavy atom. The highest BCUT2D eigenvalue weighted by molar-refractivity contribution is 7.17. The van der Waals surface area contributed by atoms with E-state index in [4.69, 9.17) is 4.74 Å². The number of cyclic esters (lactones) is 1. The monoisotopic (exact) mass is 379 g/mol. The van der Waals surface area contributed by atoms with E-state index in [9.17, 15) is 9.59 Å². The number of rotatable bonds is 4. The maximum Gasteiger partial charge on any atom is 0.414 e.